The van der Waals surface area contributed by atoms with E-state index in [4.69, 9.17) is 5.73 Å². The van der Waals surface area contributed by atoms with Crippen molar-refractivity contribution in [2.75, 3.05) is 0 Å². The quantitative estimate of drug-likeness (QED) is 0.431. The van der Waals surface area contributed by atoms with Crippen LogP contribution in [0.25, 0.3) is 0 Å². The molecule has 76 valence electrons. The predicted molar refractivity (Wildman–Crippen MR) is 62.4 cm³/mol. The van der Waals surface area contributed by atoms with E-state index in [-0.39, 0.29) is 5.11 Å². The molecular weight excluding hydrogens is 196 g/mol. The first-order valence-corrected chi connectivity index (χ1v) is 4.64. The summed E-state index contributed by atoms with van der Waals surface area (Å²) in [5.74, 6) is 0. The zero-order valence-corrected chi connectivity index (χ0v) is 9.35. The van der Waals surface area contributed by atoms with E-state index in [9.17, 15) is 0 Å². The van der Waals surface area contributed by atoms with E-state index in [0.717, 1.165) is 11.3 Å². The summed E-state index contributed by atoms with van der Waals surface area (Å²) < 4.78 is 2.10. The molecule has 1 rings (SSSR count). The lowest BCUT2D eigenvalue weighted by Gasteiger charge is -1.98. The zero-order chi connectivity index (χ0) is 10.7. The molecule has 4 nitrogen and oxygen atoms in total. The highest BCUT2D eigenvalue weighted by Gasteiger charge is 2.02. The summed E-state index contributed by atoms with van der Waals surface area (Å²) in [4.78, 5) is 0. The molecule has 0 aromatic carbocycles. The van der Waals surface area contributed by atoms with Gasteiger partial charge in [0.1, 0.15) is 0 Å². The Labute approximate surface area is 88.8 Å². The number of nitrogens with two attached hydrogens (primary N) is 1. The lowest BCUT2D eigenvalue weighted by atomic mass is 10.3. The molecule has 14 heavy (non-hydrogen) atoms. The van der Waals surface area contributed by atoms with Crippen LogP contribution in [0.15, 0.2) is 11.2 Å². The minimum Gasteiger partial charge on any atom is -0.375 e. The Morgan fingerprint density at radius 2 is 2.29 bits per heavy atom. The van der Waals surface area contributed by atoms with Crippen LogP contribution in [0.4, 0.5) is 0 Å². The van der Waals surface area contributed by atoms with Gasteiger partial charge in [0.2, 0.25) is 0 Å². The maximum absolute atomic E-state index is 5.23. The number of hydrogen-bond acceptors (Lipinski definition) is 2. The molecule has 1 aromatic rings. The summed E-state index contributed by atoms with van der Waals surface area (Å²) in [6.45, 7) is 4.08. The molecule has 1 aromatic heterocycles. The number of rotatable bonds is 2. The third-order valence-electron chi connectivity index (χ3n) is 2.19. The maximum Gasteiger partial charge on any atom is 0.184 e. The second-order valence-electron chi connectivity index (χ2n) is 3.12. The van der Waals surface area contributed by atoms with Crippen LogP contribution in [-0.2, 0) is 7.05 Å². The standard InChI is InChI=1S/C9H14N4S/c1-6-4-8(7(2)13(6)3)5-11-12-9(10)14/h4-5H,1-3H3,(H3,10,12,14). The van der Waals surface area contributed by atoms with Gasteiger partial charge in [0.15, 0.2) is 5.11 Å². The van der Waals surface area contributed by atoms with Gasteiger partial charge in [-0.1, -0.05) is 0 Å². The number of aryl methyl sites for hydroxylation is 1. The van der Waals surface area contributed by atoms with Gasteiger partial charge in [0, 0.05) is 24.0 Å². The molecular formula is C9H14N4S. The number of nitrogens with one attached hydrogen (secondary N) is 1. The van der Waals surface area contributed by atoms with Gasteiger partial charge in [-0.25, -0.2) is 0 Å². The van der Waals surface area contributed by atoms with Gasteiger partial charge in [-0.3, -0.25) is 5.43 Å². The molecule has 0 amide bonds. The fraction of sp³-hybridized carbons (Fsp3) is 0.333. The van der Waals surface area contributed by atoms with Crippen LogP contribution in [0.3, 0.4) is 0 Å². The lowest BCUT2D eigenvalue weighted by Crippen LogP contribution is -2.24. The summed E-state index contributed by atoms with van der Waals surface area (Å²) in [6.07, 6.45) is 1.71. The van der Waals surface area contributed by atoms with E-state index >= 15 is 0 Å². The molecule has 0 saturated carbocycles. The van der Waals surface area contributed by atoms with Crippen molar-refractivity contribution in [3.8, 4) is 0 Å². The molecule has 3 N–H and O–H groups in total. The van der Waals surface area contributed by atoms with Crippen molar-refractivity contribution in [3.63, 3.8) is 0 Å². The van der Waals surface area contributed by atoms with Crippen LogP contribution in [-0.4, -0.2) is 15.9 Å². The maximum atomic E-state index is 5.23. The molecule has 0 radical (unpaired) electrons. The molecule has 1 heterocycles. The van der Waals surface area contributed by atoms with E-state index in [1.165, 1.54) is 5.69 Å². The molecule has 0 aliphatic rings. The average molecular weight is 210 g/mol. The smallest absolute Gasteiger partial charge is 0.184 e. The van der Waals surface area contributed by atoms with Gasteiger partial charge in [-0.05, 0) is 32.1 Å². The number of hydrogen-bond donors (Lipinski definition) is 2. The fourth-order valence-corrected chi connectivity index (χ4v) is 1.23. The van der Waals surface area contributed by atoms with E-state index in [1.807, 2.05) is 20.9 Å². The average Bonchev–Trinajstić information content (AvgIpc) is 2.33. The Morgan fingerprint density at radius 3 is 2.71 bits per heavy atom. The van der Waals surface area contributed by atoms with Crippen molar-refractivity contribution in [2.24, 2.45) is 17.9 Å². The topological polar surface area (TPSA) is 55.3 Å². The SMILES string of the molecule is Cc1cc(C=NNC(N)=S)c(C)n1C. The Morgan fingerprint density at radius 1 is 1.64 bits per heavy atom. The Balaban J connectivity index is 2.82. The van der Waals surface area contributed by atoms with Crippen LogP contribution in [0.2, 0.25) is 0 Å². The van der Waals surface area contributed by atoms with E-state index in [2.05, 4.69) is 33.4 Å². The predicted octanol–water partition coefficient (Wildman–Crippen LogP) is 0.809. The summed E-state index contributed by atoms with van der Waals surface area (Å²) >= 11 is 4.62. The number of nitrogens with zero attached hydrogens (tertiary/aromatic N) is 2. The Hall–Kier alpha value is -1.36. The first-order valence-electron chi connectivity index (χ1n) is 4.24. The lowest BCUT2D eigenvalue weighted by molar-refractivity contribution is 0.843. The second kappa shape index (κ2) is 4.23. The van der Waals surface area contributed by atoms with Gasteiger partial charge in [-0.15, -0.1) is 0 Å². The number of aromatic nitrogens is 1. The molecule has 5 heteroatoms. The summed E-state index contributed by atoms with van der Waals surface area (Å²) in [5.41, 5.74) is 11.2. The Kier molecular flexibility index (Phi) is 3.24. The summed E-state index contributed by atoms with van der Waals surface area (Å²) in [6, 6.07) is 2.06. The third kappa shape index (κ3) is 2.32. The fourth-order valence-electron chi connectivity index (χ4n) is 1.18. The van der Waals surface area contributed by atoms with Gasteiger partial charge < -0.3 is 10.3 Å². The molecule has 0 spiro atoms. The molecule has 0 aliphatic heterocycles. The van der Waals surface area contributed by atoms with Crippen LogP contribution in [0.1, 0.15) is 17.0 Å². The second-order valence-corrected chi connectivity index (χ2v) is 3.56. The molecule has 0 aliphatic carbocycles. The van der Waals surface area contributed by atoms with Crippen LogP contribution < -0.4 is 11.2 Å². The van der Waals surface area contributed by atoms with E-state index in [1.54, 1.807) is 6.21 Å². The van der Waals surface area contributed by atoms with Crippen molar-refractivity contribution in [3.05, 3.63) is 23.0 Å². The number of hydrazone groups is 1. The van der Waals surface area contributed by atoms with Crippen LogP contribution in [0.5, 0.6) is 0 Å². The minimum atomic E-state index is 0.173. The van der Waals surface area contributed by atoms with Gasteiger partial charge in [0.25, 0.3) is 0 Å². The molecule has 0 saturated heterocycles. The molecule has 0 bridgehead atoms. The van der Waals surface area contributed by atoms with Crippen molar-refractivity contribution in [1.82, 2.24) is 9.99 Å². The zero-order valence-electron chi connectivity index (χ0n) is 8.53. The highest BCUT2D eigenvalue weighted by Crippen LogP contribution is 2.10. The first-order chi connectivity index (χ1) is 6.52. The Bertz CT molecular complexity index is 378. The third-order valence-corrected chi connectivity index (χ3v) is 2.28. The van der Waals surface area contributed by atoms with Crippen molar-refractivity contribution in [1.29, 1.82) is 0 Å². The van der Waals surface area contributed by atoms with E-state index < -0.39 is 0 Å². The van der Waals surface area contributed by atoms with Gasteiger partial charge in [-0.2, -0.15) is 5.10 Å². The van der Waals surface area contributed by atoms with Crippen LogP contribution >= 0.6 is 12.2 Å². The molecule has 0 unspecified atom stereocenters. The number of thiocarbonyl (C=S) groups is 1. The van der Waals surface area contributed by atoms with Crippen LogP contribution in [0, 0.1) is 13.8 Å². The minimum absolute atomic E-state index is 0.173. The van der Waals surface area contributed by atoms with Gasteiger partial charge in [0.05, 0.1) is 6.21 Å². The summed E-state index contributed by atoms with van der Waals surface area (Å²) in [5, 5.41) is 4.07. The monoisotopic (exact) mass is 210 g/mol. The van der Waals surface area contributed by atoms with Crippen molar-refractivity contribution >= 4 is 23.5 Å². The highest BCUT2D eigenvalue weighted by molar-refractivity contribution is 7.80. The first kappa shape index (κ1) is 10.7. The normalized spacial score (nSPS) is 10.8. The summed E-state index contributed by atoms with van der Waals surface area (Å²) in [7, 11) is 2.02. The van der Waals surface area contributed by atoms with Crippen molar-refractivity contribution in [2.45, 2.75) is 13.8 Å². The highest BCUT2D eigenvalue weighted by atomic mass is 32.1. The van der Waals surface area contributed by atoms with Crippen molar-refractivity contribution < 1.29 is 0 Å². The van der Waals surface area contributed by atoms with E-state index in [0.29, 0.717) is 0 Å². The molecule has 0 fully saturated rings. The molecule has 0 atom stereocenters. The van der Waals surface area contributed by atoms with Gasteiger partial charge >= 0.3 is 0 Å². The largest absolute Gasteiger partial charge is 0.375 e.